The zero-order chi connectivity index (χ0) is 90.7. The Hall–Kier alpha value is -8.57. The number of ether oxygens (including phenoxy) is 2. The summed E-state index contributed by atoms with van der Waals surface area (Å²) >= 11 is 0. The van der Waals surface area contributed by atoms with Gasteiger partial charge in [0.1, 0.15) is 39.8 Å². The van der Waals surface area contributed by atoms with E-state index in [1.807, 2.05) is 46.9 Å². The first-order valence-electron chi connectivity index (χ1n) is 43.9. The monoisotopic (exact) mass is 1780 g/mol. The Morgan fingerprint density at radius 1 is 0.460 bits per heavy atom. The predicted molar refractivity (Wildman–Crippen MR) is 478 cm³/mol. The summed E-state index contributed by atoms with van der Waals surface area (Å²) in [4.78, 5) is 113. The van der Waals surface area contributed by atoms with Gasteiger partial charge in [0.15, 0.2) is 11.5 Å². The molecule has 6 heterocycles. The summed E-state index contributed by atoms with van der Waals surface area (Å²) in [5.41, 5.74) is 5.93. The number of amidine groups is 3. The second kappa shape index (κ2) is 38.9. The van der Waals surface area contributed by atoms with Crippen molar-refractivity contribution < 1.29 is 67.1 Å². The minimum absolute atomic E-state index is 0.0372. The summed E-state index contributed by atoms with van der Waals surface area (Å²) in [6, 6.07) is 10.8. The number of aryl methyl sites for hydroxylation is 6. The second-order valence-electron chi connectivity index (χ2n) is 35.9. The third-order valence-corrected chi connectivity index (χ3v) is 33.0. The van der Waals surface area contributed by atoms with Crippen molar-refractivity contribution in [2.75, 3.05) is 106 Å². The number of halogens is 3. The summed E-state index contributed by atoms with van der Waals surface area (Å²) in [5.74, 6) is 3.44. The fourth-order valence-corrected chi connectivity index (χ4v) is 23.5. The Morgan fingerprint density at radius 3 is 1.04 bits per heavy atom. The molecule has 0 atom stereocenters. The third kappa shape index (κ3) is 21.1. The zero-order valence-electron chi connectivity index (χ0n) is 74.5. The number of carbonyl (C=O) groups excluding carboxylic acids is 4. The first-order valence-corrected chi connectivity index (χ1v) is 48.8. The number of rotatable bonds is 23. The Kier molecular flexibility index (Phi) is 30.2. The van der Waals surface area contributed by atoms with Gasteiger partial charge in [-0.3, -0.25) is 53.3 Å². The van der Waals surface area contributed by atoms with Gasteiger partial charge in [-0.15, -0.1) is 0 Å². The molecule has 3 aliphatic carbocycles. The van der Waals surface area contributed by atoms with Crippen LogP contribution >= 0.6 is 0 Å². The van der Waals surface area contributed by atoms with Crippen LogP contribution in [0.15, 0.2) is 70.6 Å². The number of aliphatic imine (C=N–C) groups is 3. The quantitative estimate of drug-likeness (QED) is 0.0441. The molecule has 6 aliphatic heterocycles. The molecule has 124 heavy (non-hydrogen) atoms. The van der Waals surface area contributed by atoms with Crippen LogP contribution in [0.2, 0.25) is 0 Å². The van der Waals surface area contributed by atoms with E-state index in [1.54, 1.807) is 50.9 Å². The molecule has 5 aromatic carbocycles. The van der Waals surface area contributed by atoms with E-state index in [4.69, 9.17) is 24.5 Å². The van der Waals surface area contributed by atoms with Gasteiger partial charge in [0, 0.05) is 101 Å². The van der Waals surface area contributed by atoms with Crippen molar-refractivity contribution in [3.05, 3.63) is 133 Å². The Bertz CT molecular complexity index is 5360. The largest absolute Gasteiger partial charge is 0.489 e. The SMILES string of the molecule is CCOc1c(C)c(=O)c1=O.CCOc1c(N(C)c2cc(C)c(CCS(=O)(=O)N3CCC4(CC3)N=C(C3CCC(C)CC3)NC4=O)c(C)c2)c(=O)c1=O.CNc1cc(C)c(CCS(=O)(=O)N2CCC3(CC2)N=C(C2CCC(C)CC2)NC3=O)c(C)c1.Cc1cc(N(C)C(=O)C(F)(F)F)cc(C)c1CCS(=O)(=O)N1CCC2(CC1)N=C(C1CCC(C)CC1)NC2=O. The van der Waals surface area contributed by atoms with E-state index in [9.17, 15) is 76.8 Å². The highest BCUT2D eigenvalue weighted by molar-refractivity contribution is 7.89. The van der Waals surface area contributed by atoms with Crippen LogP contribution in [0.3, 0.4) is 0 Å². The molecule has 14 rings (SSSR count). The lowest BCUT2D eigenvalue weighted by molar-refractivity contribution is -0.170. The average Bonchev–Trinajstić information content (AvgIpc) is 1.71. The summed E-state index contributed by atoms with van der Waals surface area (Å²) in [7, 11) is -5.92. The van der Waals surface area contributed by atoms with E-state index >= 15 is 0 Å². The maximum Gasteiger partial charge on any atom is 0.471 e. The predicted octanol–water partition coefficient (Wildman–Crippen LogP) is 10.4. The Balaban J connectivity index is 0.000000172. The van der Waals surface area contributed by atoms with Crippen LogP contribution in [0.25, 0.3) is 0 Å². The summed E-state index contributed by atoms with van der Waals surface area (Å²) in [6.45, 7) is 25.6. The first kappa shape index (κ1) is 96.1. The minimum atomic E-state index is -4.99. The lowest BCUT2D eigenvalue weighted by atomic mass is 9.82. The number of nitrogens with one attached hydrogen (secondary N) is 4. The normalized spacial score (nSPS) is 22.9. The van der Waals surface area contributed by atoms with Gasteiger partial charge in [0.05, 0.1) is 30.5 Å². The average molecular weight is 1780 g/mol. The second-order valence-corrected chi connectivity index (χ2v) is 42.2. The molecule has 680 valence electrons. The molecule has 3 spiro atoms. The van der Waals surface area contributed by atoms with E-state index in [0.29, 0.717) is 116 Å². The highest BCUT2D eigenvalue weighted by Crippen LogP contribution is 2.42. The molecule has 0 aromatic heterocycles. The Morgan fingerprint density at radius 2 is 0.750 bits per heavy atom. The van der Waals surface area contributed by atoms with Crippen molar-refractivity contribution in [3.63, 3.8) is 0 Å². The fourth-order valence-electron chi connectivity index (χ4n) is 19.1. The molecule has 6 fully saturated rings. The fraction of sp³-hybridized carbons (Fsp3) is 0.633. The lowest BCUT2D eigenvalue weighted by Crippen LogP contribution is -2.51. The van der Waals surface area contributed by atoms with Crippen LogP contribution in [0.5, 0.6) is 11.5 Å². The van der Waals surface area contributed by atoms with Gasteiger partial charge in [-0.25, -0.2) is 38.2 Å². The number of benzene rings is 3. The maximum absolute atomic E-state index is 13.4. The zero-order valence-corrected chi connectivity index (χ0v) is 77.0. The van der Waals surface area contributed by atoms with Crippen LogP contribution in [0, 0.1) is 84.0 Å². The van der Waals surface area contributed by atoms with Crippen molar-refractivity contribution in [1.82, 2.24) is 28.9 Å². The molecule has 4 amide bonds. The number of anilines is 4. The maximum atomic E-state index is 13.4. The standard InChI is InChI=1S/C31H42N4O6S.C27H37F3N4O4S.C25H38N4O3S.C7H8O3/c1-6-41-28-25(26(36)27(28)37)34(5)23-17-20(3)24(21(4)18-23)11-16-42(39,40)35-14-12-31(13-15-35)30(38)32-29(33-31)22-9-7-19(2)8-10-22;1-17-5-7-20(8-6-17)23-31-24(35)26(32-23)10-12-34(13-11-26)39(37,38)14-9-22-18(2)15-21(16-19(22)3)33(4)25(36)27(28,29)30;1-17-5-7-20(8-6-17)23-27-24(30)25(28-23)10-12-29(13-11-25)33(31,32)14-9-22-18(2)15-21(26-4)16-19(22)3;1-3-10-7-4(2)5(8)6(7)9/h17-19,22H,6-16H2,1-5H3,(H,32,33,38);15-17,20H,5-14H2,1-4H3,(H,31,32,35);15-17,20,26H,5-14H2,1-4H3,(H,27,28,30);3H2,1-2H3. The number of carbonyl (C=O) groups is 4. The lowest BCUT2D eigenvalue weighted by Gasteiger charge is -2.35. The van der Waals surface area contributed by atoms with Gasteiger partial charge < -0.3 is 40.5 Å². The molecule has 3 saturated heterocycles. The highest BCUT2D eigenvalue weighted by atomic mass is 32.2. The van der Waals surface area contributed by atoms with Gasteiger partial charge >= 0.3 is 12.1 Å². The number of amides is 4. The molecule has 0 radical (unpaired) electrons. The van der Waals surface area contributed by atoms with E-state index in [2.05, 4.69) is 54.2 Å². The first-order chi connectivity index (χ1) is 58.3. The number of nitrogens with zero attached hydrogens (tertiary/aromatic N) is 8. The van der Waals surface area contributed by atoms with Gasteiger partial charge in [0.25, 0.3) is 34.0 Å². The number of alkyl halides is 3. The van der Waals surface area contributed by atoms with E-state index < -0.39 is 80.5 Å². The van der Waals surface area contributed by atoms with E-state index in [-0.39, 0.29) is 103 Å². The molecule has 28 nitrogen and oxygen atoms in total. The molecule has 9 aliphatic rings. The third-order valence-electron chi connectivity index (χ3n) is 27.4. The molecule has 0 bridgehead atoms. The van der Waals surface area contributed by atoms with Crippen molar-refractivity contribution in [1.29, 1.82) is 0 Å². The minimum Gasteiger partial charge on any atom is -0.489 e. The smallest absolute Gasteiger partial charge is 0.471 e. The number of piperidine rings is 3. The van der Waals surface area contributed by atoms with Crippen molar-refractivity contribution in [3.8, 4) is 11.5 Å². The number of hydrogen-bond acceptors (Lipinski definition) is 21. The molecular formula is C90H125F3N12O16S3. The molecular weight excluding hydrogens is 1660 g/mol. The molecule has 0 unspecified atom stereocenters. The summed E-state index contributed by atoms with van der Waals surface area (Å²) < 4.78 is 133. The van der Waals surface area contributed by atoms with Gasteiger partial charge in [-0.05, 0) is 263 Å². The molecule has 4 N–H and O–H groups in total. The van der Waals surface area contributed by atoms with E-state index in [1.165, 1.54) is 33.6 Å². The molecule has 3 saturated carbocycles. The molecule has 5 aromatic rings. The van der Waals surface area contributed by atoms with Gasteiger partial charge in [0.2, 0.25) is 35.5 Å². The number of hydrogen-bond donors (Lipinski definition) is 4. The summed E-state index contributed by atoms with van der Waals surface area (Å²) in [5, 5.41) is 12.2. The van der Waals surface area contributed by atoms with Crippen LogP contribution in [-0.2, 0) is 68.5 Å². The Labute approximate surface area is 727 Å². The topological polar surface area (TPSA) is 359 Å². The van der Waals surface area contributed by atoms with Crippen molar-refractivity contribution >= 4 is 94.0 Å². The van der Waals surface area contributed by atoms with Crippen LogP contribution in [0.4, 0.5) is 35.9 Å². The van der Waals surface area contributed by atoms with Crippen LogP contribution in [0.1, 0.15) is 206 Å². The summed E-state index contributed by atoms with van der Waals surface area (Å²) in [6.07, 6.45) is 11.5. The van der Waals surface area contributed by atoms with Crippen molar-refractivity contribution in [2.45, 2.75) is 241 Å². The molecule has 34 heteroatoms. The van der Waals surface area contributed by atoms with Crippen molar-refractivity contribution in [2.24, 2.45) is 50.5 Å². The van der Waals surface area contributed by atoms with Gasteiger partial charge in [-0.2, -0.15) is 13.2 Å². The van der Waals surface area contributed by atoms with Crippen LogP contribution < -0.4 is 62.3 Å². The van der Waals surface area contributed by atoms with E-state index in [0.717, 1.165) is 145 Å². The number of sulfonamides is 3. The van der Waals surface area contributed by atoms with Crippen LogP contribution in [-0.4, -0.2) is 193 Å². The highest BCUT2D eigenvalue weighted by Gasteiger charge is 2.52. The van der Waals surface area contributed by atoms with Gasteiger partial charge in [-0.1, -0.05) is 59.3 Å².